The predicted octanol–water partition coefficient (Wildman–Crippen LogP) is 4.96. The van der Waals surface area contributed by atoms with Gasteiger partial charge in [-0.15, -0.1) is 0 Å². The van der Waals surface area contributed by atoms with Crippen LogP contribution in [0.2, 0.25) is 0 Å². The van der Waals surface area contributed by atoms with E-state index in [4.69, 9.17) is 4.74 Å². The second-order valence-corrected chi connectivity index (χ2v) is 8.05. The van der Waals surface area contributed by atoms with Crippen LogP contribution in [0.15, 0.2) is 43.0 Å². The van der Waals surface area contributed by atoms with E-state index in [1.807, 2.05) is 0 Å². The Hall–Kier alpha value is -3.70. The zero-order valence-corrected chi connectivity index (χ0v) is 18.4. The molecule has 1 unspecified atom stereocenters. The van der Waals surface area contributed by atoms with Gasteiger partial charge in [0.15, 0.2) is 11.6 Å². The van der Waals surface area contributed by atoms with E-state index in [9.17, 15) is 26.7 Å². The van der Waals surface area contributed by atoms with E-state index in [2.05, 4.69) is 25.3 Å². The van der Waals surface area contributed by atoms with Crippen LogP contribution in [0.5, 0.6) is 5.75 Å². The van der Waals surface area contributed by atoms with Crippen LogP contribution in [-0.4, -0.2) is 38.9 Å². The molecule has 1 aromatic carbocycles. The molecular formula is C23H20F5N5O2. The lowest BCUT2D eigenvalue weighted by Crippen LogP contribution is -2.28. The Morgan fingerprint density at radius 1 is 1.09 bits per heavy atom. The molecule has 3 aromatic rings. The third kappa shape index (κ3) is 6.06. The molecule has 1 amide bonds. The number of hydrogen-bond acceptors (Lipinski definition) is 6. The molecule has 0 saturated heterocycles. The summed E-state index contributed by atoms with van der Waals surface area (Å²) < 4.78 is 69.6. The molecule has 1 fully saturated rings. The average Bonchev–Trinajstić information content (AvgIpc) is 3.68. The minimum atomic E-state index is -4.58. The number of amides is 1. The Bertz CT molecular complexity index is 1200. The fraction of sp³-hybridized carbons (Fsp3) is 0.348. The lowest BCUT2D eigenvalue weighted by Gasteiger charge is -2.17. The Morgan fingerprint density at radius 2 is 1.77 bits per heavy atom. The van der Waals surface area contributed by atoms with Gasteiger partial charge in [0.05, 0.1) is 29.7 Å². The molecule has 2 heterocycles. The van der Waals surface area contributed by atoms with E-state index in [1.165, 1.54) is 30.9 Å². The fourth-order valence-corrected chi connectivity index (χ4v) is 3.46. The van der Waals surface area contributed by atoms with Gasteiger partial charge in [-0.05, 0) is 49.4 Å². The largest absolute Gasteiger partial charge is 0.484 e. The third-order valence-electron chi connectivity index (χ3n) is 5.29. The van der Waals surface area contributed by atoms with Gasteiger partial charge in [0, 0.05) is 18.0 Å². The summed E-state index contributed by atoms with van der Waals surface area (Å²) in [5.74, 6) is -0.526. The molecule has 1 aliphatic rings. The monoisotopic (exact) mass is 493 g/mol. The van der Waals surface area contributed by atoms with Gasteiger partial charge in [0.2, 0.25) is 0 Å². The van der Waals surface area contributed by atoms with Crippen molar-refractivity contribution < 1.29 is 31.5 Å². The van der Waals surface area contributed by atoms with Crippen LogP contribution in [-0.2, 0) is 6.18 Å². The molecule has 4 rings (SSSR count). The molecule has 1 saturated carbocycles. The van der Waals surface area contributed by atoms with Crippen molar-refractivity contribution in [3.63, 3.8) is 0 Å². The van der Waals surface area contributed by atoms with Crippen LogP contribution >= 0.6 is 0 Å². The Balaban J connectivity index is 1.55. The molecule has 2 aromatic heterocycles. The molecule has 1 aliphatic carbocycles. The lowest BCUT2D eigenvalue weighted by molar-refractivity contribution is -0.137. The van der Waals surface area contributed by atoms with Crippen molar-refractivity contribution in [3.05, 3.63) is 65.4 Å². The van der Waals surface area contributed by atoms with Crippen molar-refractivity contribution in [3.8, 4) is 17.3 Å². The topological polar surface area (TPSA) is 89.9 Å². The number of carbonyl (C=O) groups is 1. The van der Waals surface area contributed by atoms with Crippen LogP contribution in [0.3, 0.4) is 0 Å². The highest BCUT2D eigenvalue weighted by molar-refractivity contribution is 5.95. The Morgan fingerprint density at radius 3 is 2.40 bits per heavy atom. The highest BCUT2D eigenvalue weighted by Crippen LogP contribution is 2.42. The number of nitrogens with one attached hydrogen (secondary N) is 1. The Labute approximate surface area is 196 Å². The number of benzene rings is 1. The van der Waals surface area contributed by atoms with Gasteiger partial charge >= 0.3 is 6.18 Å². The number of ether oxygens (including phenoxy) is 1. The zero-order valence-electron chi connectivity index (χ0n) is 18.4. The first-order valence-electron chi connectivity index (χ1n) is 10.7. The Kier molecular flexibility index (Phi) is 6.90. The van der Waals surface area contributed by atoms with Crippen molar-refractivity contribution in [1.82, 2.24) is 25.3 Å². The first-order chi connectivity index (χ1) is 16.6. The smallest absolute Gasteiger partial charge is 0.416 e. The fourth-order valence-electron chi connectivity index (χ4n) is 3.46. The lowest BCUT2D eigenvalue weighted by atomic mass is 10.0. The number of rotatable bonds is 8. The summed E-state index contributed by atoms with van der Waals surface area (Å²) in [4.78, 5) is 29.4. The molecule has 0 radical (unpaired) electrons. The maximum atomic E-state index is 13.4. The molecule has 0 bridgehead atoms. The van der Waals surface area contributed by atoms with Crippen molar-refractivity contribution in [1.29, 1.82) is 0 Å². The number of aromatic nitrogens is 4. The van der Waals surface area contributed by atoms with Gasteiger partial charge in [-0.25, -0.2) is 23.7 Å². The summed E-state index contributed by atoms with van der Waals surface area (Å²) in [6, 6.07) is 2.63. The van der Waals surface area contributed by atoms with Crippen LogP contribution in [0.4, 0.5) is 22.0 Å². The van der Waals surface area contributed by atoms with Gasteiger partial charge in [-0.3, -0.25) is 9.78 Å². The first-order valence-corrected chi connectivity index (χ1v) is 10.7. The van der Waals surface area contributed by atoms with Crippen molar-refractivity contribution >= 4 is 5.91 Å². The van der Waals surface area contributed by atoms with Crippen LogP contribution < -0.4 is 10.1 Å². The van der Waals surface area contributed by atoms with E-state index in [0.29, 0.717) is 5.56 Å². The number of hydrogen-bond donors (Lipinski definition) is 1. The summed E-state index contributed by atoms with van der Waals surface area (Å²) in [5, 5.41) is 2.66. The molecular weight excluding hydrogens is 473 g/mol. The van der Waals surface area contributed by atoms with E-state index < -0.39 is 36.7 Å². The predicted molar refractivity (Wildman–Crippen MR) is 114 cm³/mol. The minimum Gasteiger partial charge on any atom is -0.484 e. The number of nitrogens with zero attached hydrogens (tertiary/aromatic N) is 4. The highest BCUT2D eigenvalue weighted by Gasteiger charge is 2.34. The maximum Gasteiger partial charge on any atom is 0.416 e. The van der Waals surface area contributed by atoms with Crippen molar-refractivity contribution in [2.24, 2.45) is 0 Å². The summed E-state index contributed by atoms with van der Waals surface area (Å²) in [7, 11) is 0. The standard InChI is InChI=1S/C23H20F5N5O2/c1-12(33-22(34)15-6-14(13-2-3-13)7-16(8-15)23(26,27)28)19-20(30-5-4-29-19)21-31-9-17(10-32-21)35-11-18(24)25/h4-10,12-13,18H,2-3,11H2,1H3,(H,33,34). The van der Waals surface area contributed by atoms with Gasteiger partial charge in [0.1, 0.15) is 12.3 Å². The number of alkyl halides is 5. The third-order valence-corrected chi connectivity index (χ3v) is 5.29. The normalized spacial score (nSPS) is 14.6. The van der Waals surface area contributed by atoms with Gasteiger partial charge < -0.3 is 10.1 Å². The summed E-state index contributed by atoms with van der Waals surface area (Å²) in [5.41, 5.74) is -0.00137. The molecule has 1 N–H and O–H groups in total. The summed E-state index contributed by atoms with van der Waals surface area (Å²) in [6.07, 6.45) is -0.483. The van der Waals surface area contributed by atoms with Gasteiger partial charge in [-0.2, -0.15) is 13.2 Å². The van der Waals surface area contributed by atoms with E-state index in [0.717, 1.165) is 25.0 Å². The summed E-state index contributed by atoms with van der Waals surface area (Å²) >= 11 is 0. The molecule has 35 heavy (non-hydrogen) atoms. The number of halogens is 5. The molecule has 1 atom stereocenters. The minimum absolute atomic E-state index is 0.0256. The van der Waals surface area contributed by atoms with Crippen LogP contribution in [0.25, 0.3) is 11.5 Å². The van der Waals surface area contributed by atoms with Gasteiger partial charge in [-0.1, -0.05) is 0 Å². The average molecular weight is 493 g/mol. The summed E-state index contributed by atoms with van der Waals surface area (Å²) in [6.45, 7) is 0.793. The second-order valence-electron chi connectivity index (χ2n) is 8.05. The number of carbonyl (C=O) groups excluding carboxylic acids is 1. The molecule has 7 nitrogen and oxygen atoms in total. The molecule has 0 spiro atoms. The highest BCUT2D eigenvalue weighted by atomic mass is 19.4. The van der Waals surface area contributed by atoms with Crippen LogP contribution in [0, 0.1) is 0 Å². The second kappa shape index (κ2) is 9.88. The van der Waals surface area contributed by atoms with Crippen LogP contribution in [0.1, 0.15) is 58.9 Å². The van der Waals surface area contributed by atoms with E-state index in [1.54, 1.807) is 6.92 Å². The first kappa shape index (κ1) is 24.4. The molecule has 0 aliphatic heterocycles. The van der Waals surface area contributed by atoms with E-state index >= 15 is 0 Å². The van der Waals surface area contributed by atoms with Crippen molar-refractivity contribution in [2.45, 2.75) is 44.3 Å². The molecule has 12 heteroatoms. The quantitative estimate of drug-likeness (QED) is 0.446. The molecule has 184 valence electrons. The van der Waals surface area contributed by atoms with Crippen molar-refractivity contribution in [2.75, 3.05) is 6.61 Å². The SMILES string of the molecule is CC(NC(=O)c1cc(C2CC2)cc(C(F)(F)F)c1)c1nccnc1-c1ncc(OCC(F)F)cn1. The van der Waals surface area contributed by atoms with Gasteiger partial charge in [0.25, 0.3) is 12.3 Å². The van der Waals surface area contributed by atoms with E-state index in [-0.39, 0.29) is 34.4 Å². The zero-order chi connectivity index (χ0) is 25.2. The maximum absolute atomic E-state index is 13.4.